The van der Waals surface area contributed by atoms with E-state index in [2.05, 4.69) is 6.92 Å². The molecule has 0 aliphatic heterocycles. The molecule has 1 rings (SSSR count). The Morgan fingerprint density at radius 1 is 0.913 bits per heavy atom. The zero-order valence-electron chi connectivity index (χ0n) is 14.2. The van der Waals surface area contributed by atoms with Crippen LogP contribution < -0.4 is 4.74 Å². The summed E-state index contributed by atoms with van der Waals surface area (Å²) in [7, 11) is 0. The molecule has 0 aliphatic rings. The molecule has 0 unspecified atom stereocenters. The van der Waals surface area contributed by atoms with Gasteiger partial charge in [0.15, 0.2) is 0 Å². The molecule has 0 bridgehead atoms. The Morgan fingerprint density at radius 3 is 2.00 bits per heavy atom. The summed E-state index contributed by atoms with van der Waals surface area (Å²) >= 11 is 0. The van der Waals surface area contributed by atoms with Gasteiger partial charge in [-0.25, -0.2) is 4.79 Å². The second kappa shape index (κ2) is 14.6. The standard InChI is InChI=1S/C19H30O3.Fe/c1-2-3-4-5-6-7-8-9-10-13-16-22-18-15-12-11-14-17(18)19(20)21;/h11-12,14-15H,2-10,13,16H2,1H3,(H,20,21);. The van der Waals surface area contributed by atoms with Crippen LogP contribution in [-0.2, 0) is 17.1 Å². The molecule has 3 nitrogen and oxygen atoms in total. The third kappa shape index (κ3) is 10.4. The number of rotatable bonds is 13. The first-order valence-electron chi connectivity index (χ1n) is 8.70. The quantitative estimate of drug-likeness (QED) is 0.363. The number of carbonyl (C=O) groups is 1. The van der Waals surface area contributed by atoms with Gasteiger partial charge in [-0.15, -0.1) is 0 Å². The molecule has 0 radical (unpaired) electrons. The minimum Gasteiger partial charge on any atom is -0.493 e. The van der Waals surface area contributed by atoms with Gasteiger partial charge in [-0.1, -0.05) is 76.8 Å². The second-order valence-corrected chi connectivity index (χ2v) is 5.83. The normalized spacial score (nSPS) is 10.1. The summed E-state index contributed by atoms with van der Waals surface area (Å²) in [6.45, 7) is 2.84. The summed E-state index contributed by atoms with van der Waals surface area (Å²) in [5.74, 6) is -0.454. The fourth-order valence-corrected chi connectivity index (χ4v) is 2.54. The molecule has 0 saturated heterocycles. The van der Waals surface area contributed by atoms with E-state index in [-0.39, 0.29) is 22.6 Å². The van der Waals surface area contributed by atoms with Crippen LogP contribution in [0.25, 0.3) is 0 Å². The minimum absolute atomic E-state index is 0. The number of hydrogen-bond acceptors (Lipinski definition) is 2. The monoisotopic (exact) mass is 362 g/mol. The fourth-order valence-electron chi connectivity index (χ4n) is 2.54. The van der Waals surface area contributed by atoms with Crippen molar-refractivity contribution >= 4 is 5.97 Å². The molecule has 132 valence electrons. The van der Waals surface area contributed by atoms with Crippen molar-refractivity contribution in [1.29, 1.82) is 0 Å². The van der Waals surface area contributed by atoms with Crippen LogP contribution in [0.5, 0.6) is 5.75 Å². The minimum atomic E-state index is -0.932. The van der Waals surface area contributed by atoms with E-state index >= 15 is 0 Å². The molecule has 0 saturated carbocycles. The summed E-state index contributed by atoms with van der Waals surface area (Å²) in [6, 6.07) is 6.83. The maximum absolute atomic E-state index is 11.0. The average Bonchev–Trinajstić information content (AvgIpc) is 2.53. The maximum Gasteiger partial charge on any atom is 0.339 e. The molecule has 0 aromatic heterocycles. The topological polar surface area (TPSA) is 46.5 Å². The summed E-state index contributed by atoms with van der Waals surface area (Å²) in [5, 5.41) is 9.06. The molecule has 0 fully saturated rings. The molecule has 0 spiro atoms. The Balaban J connectivity index is 0.00000484. The van der Waals surface area contributed by atoms with E-state index in [1.165, 1.54) is 51.4 Å². The van der Waals surface area contributed by atoms with Crippen LogP contribution in [0, 0.1) is 0 Å². The van der Waals surface area contributed by atoms with E-state index in [0.717, 1.165) is 12.8 Å². The van der Waals surface area contributed by atoms with E-state index in [4.69, 9.17) is 9.84 Å². The van der Waals surface area contributed by atoms with Gasteiger partial charge in [0.05, 0.1) is 6.61 Å². The number of hydrogen-bond donors (Lipinski definition) is 1. The predicted molar refractivity (Wildman–Crippen MR) is 90.7 cm³/mol. The number of unbranched alkanes of at least 4 members (excludes halogenated alkanes) is 9. The van der Waals surface area contributed by atoms with Gasteiger partial charge in [-0.2, -0.15) is 0 Å². The van der Waals surface area contributed by atoms with Gasteiger partial charge >= 0.3 is 5.97 Å². The Hall–Kier alpha value is -0.991. The Kier molecular flexibility index (Phi) is 14.0. The molecule has 1 N–H and O–H groups in total. The van der Waals surface area contributed by atoms with Gasteiger partial charge in [0.1, 0.15) is 11.3 Å². The first kappa shape index (κ1) is 22.0. The van der Waals surface area contributed by atoms with Crippen LogP contribution in [0.15, 0.2) is 24.3 Å². The molecule has 0 aliphatic carbocycles. The molecule has 0 atom stereocenters. The van der Waals surface area contributed by atoms with Crippen LogP contribution in [-0.4, -0.2) is 17.7 Å². The summed E-state index contributed by atoms with van der Waals surface area (Å²) in [5.41, 5.74) is 0.245. The molecular weight excluding hydrogens is 332 g/mol. The molecule has 4 heteroatoms. The molecule has 0 heterocycles. The van der Waals surface area contributed by atoms with Crippen molar-refractivity contribution in [2.24, 2.45) is 0 Å². The summed E-state index contributed by atoms with van der Waals surface area (Å²) < 4.78 is 5.59. The predicted octanol–water partition coefficient (Wildman–Crippen LogP) is 5.68. The summed E-state index contributed by atoms with van der Waals surface area (Å²) in [6.07, 6.45) is 12.8. The van der Waals surface area contributed by atoms with Gasteiger partial charge in [0, 0.05) is 17.1 Å². The smallest absolute Gasteiger partial charge is 0.339 e. The van der Waals surface area contributed by atoms with E-state index < -0.39 is 5.97 Å². The average molecular weight is 362 g/mol. The molecular formula is C19H30FeO3. The first-order chi connectivity index (χ1) is 10.8. The van der Waals surface area contributed by atoms with Crippen molar-refractivity contribution < 1.29 is 31.7 Å². The zero-order valence-corrected chi connectivity index (χ0v) is 15.3. The summed E-state index contributed by atoms with van der Waals surface area (Å²) in [4.78, 5) is 11.0. The number of benzene rings is 1. The van der Waals surface area contributed by atoms with Gasteiger partial charge in [0.2, 0.25) is 0 Å². The van der Waals surface area contributed by atoms with Crippen LogP contribution in [0.2, 0.25) is 0 Å². The Labute approximate surface area is 151 Å². The molecule has 23 heavy (non-hydrogen) atoms. The third-order valence-corrected chi connectivity index (χ3v) is 3.87. The first-order valence-corrected chi connectivity index (χ1v) is 8.70. The largest absolute Gasteiger partial charge is 0.493 e. The van der Waals surface area contributed by atoms with E-state index in [1.807, 2.05) is 0 Å². The third-order valence-electron chi connectivity index (χ3n) is 3.87. The van der Waals surface area contributed by atoms with Gasteiger partial charge in [-0.3, -0.25) is 0 Å². The van der Waals surface area contributed by atoms with Crippen molar-refractivity contribution in [2.45, 2.75) is 71.1 Å². The zero-order chi connectivity index (χ0) is 16.0. The van der Waals surface area contributed by atoms with Crippen molar-refractivity contribution in [1.82, 2.24) is 0 Å². The fraction of sp³-hybridized carbons (Fsp3) is 0.632. The van der Waals surface area contributed by atoms with Crippen LogP contribution in [0.3, 0.4) is 0 Å². The van der Waals surface area contributed by atoms with Gasteiger partial charge in [-0.05, 0) is 18.6 Å². The van der Waals surface area contributed by atoms with Crippen LogP contribution in [0.4, 0.5) is 0 Å². The molecule has 1 aromatic carbocycles. The molecule has 1 aromatic rings. The van der Waals surface area contributed by atoms with Crippen molar-refractivity contribution in [3.05, 3.63) is 29.8 Å². The van der Waals surface area contributed by atoms with E-state index in [1.54, 1.807) is 24.3 Å². The van der Waals surface area contributed by atoms with Crippen molar-refractivity contribution in [3.63, 3.8) is 0 Å². The number of ether oxygens (including phenoxy) is 1. The van der Waals surface area contributed by atoms with Crippen LogP contribution in [0.1, 0.15) is 81.5 Å². The van der Waals surface area contributed by atoms with E-state index in [0.29, 0.717) is 12.4 Å². The van der Waals surface area contributed by atoms with Crippen molar-refractivity contribution in [2.75, 3.05) is 6.61 Å². The Bertz CT molecular complexity index is 421. The van der Waals surface area contributed by atoms with E-state index in [9.17, 15) is 4.79 Å². The number of aromatic carboxylic acids is 1. The number of para-hydroxylation sites is 1. The molecule has 0 amide bonds. The second-order valence-electron chi connectivity index (χ2n) is 5.83. The number of carboxylic acid groups (broad SMARTS) is 1. The van der Waals surface area contributed by atoms with Crippen LogP contribution >= 0.6 is 0 Å². The van der Waals surface area contributed by atoms with Gasteiger partial charge in [0.25, 0.3) is 0 Å². The van der Waals surface area contributed by atoms with Gasteiger partial charge < -0.3 is 9.84 Å². The number of carboxylic acids is 1. The maximum atomic E-state index is 11.0. The SMILES string of the molecule is CCCCCCCCCCCCOc1ccccc1C(=O)O.[Fe]. The van der Waals surface area contributed by atoms with Crippen molar-refractivity contribution in [3.8, 4) is 5.75 Å². The Morgan fingerprint density at radius 2 is 1.43 bits per heavy atom.